The molecule has 1 unspecified atom stereocenters. The van der Waals surface area contributed by atoms with Gasteiger partial charge in [0.05, 0.1) is 25.1 Å². The van der Waals surface area contributed by atoms with Crippen LogP contribution in [0.5, 0.6) is 0 Å². The summed E-state index contributed by atoms with van der Waals surface area (Å²) in [6.07, 6.45) is 3.22. The molecule has 1 amide bonds. The highest BCUT2D eigenvalue weighted by Crippen LogP contribution is 2.19. The lowest BCUT2D eigenvalue weighted by Gasteiger charge is -2.36. The normalized spacial score (nSPS) is 15.9. The second-order valence-corrected chi connectivity index (χ2v) is 6.95. The van der Waals surface area contributed by atoms with Crippen molar-refractivity contribution >= 4 is 35.8 Å². The topological polar surface area (TPSA) is 77.5 Å². The molecule has 3 heterocycles. The standard InChI is InChI=1S/C20H29N5O3.HI/c1-4-21-20(22-15-16(23(2)3)17-7-5-13-27-17)25-11-9-24(10-12-25)19(26)18-8-6-14-28-18;/h5-8,13-14,16H,4,9-12,15H2,1-3H3,(H,21,22);1H. The molecule has 1 saturated heterocycles. The Morgan fingerprint density at radius 3 is 2.34 bits per heavy atom. The van der Waals surface area contributed by atoms with E-state index < -0.39 is 0 Å². The fraction of sp³-hybridized carbons (Fsp3) is 0.500. The van der Waals surface area contributed by atoms with Gasteiger partial charge in [-0.1, -0.05) is 0 Å². The minimum atomic E-state index is -0.0583. The van der Waals surface area contributed by atoms with E-state index in [0.717, 1.165) is 31.4 Å². The number of carbonyl (C=O) groups excluding carboxylic acids is 1. The maximum absolute atomic E-state index is 12.4. The predicted octanol–water partition coefficient (Wildman–Crippen LogP) is 2.52. The number of hydrogen-bond acceptors (Lipinski definition) is 5. The number of halogens is 1. The lowest BCUT2D eigenvalue weighted by molar-refractivity contribution is 0.0657. The number of furan rings is 2. The van der Waals surface area contributed by atoms with Crippen LogP contribution in [0.3, 0.4) is 0 Å². The van der Waals surface area contributed by atoms with Gasteiger partial charge in [-0.25, -0.2) is 0 Å². The Labute approximate surface area is 188 Å². The molecule has 0 spiro atoms. The molecule has 1 aliphatic heterocycles. The largest absolute Gasteiger partial charge is 0.468 e. The van der Waals surface area contributed by atoms with E-state index in [1.165, 1.54) is 6.26 Å². The smallest absolute Gasteiger partial charge is 0.289 e. The summed E-state index contributed by atoms with van der Waals surface area (Å²) in [5, 5.41) is 3.37. The fourth-order valence-corrected chi connectivity index (χ4v) is 3.26. The minimum Gasteiger partial charge on any atom is -0.468 e. The summed E-state index contributed by atoms with van der Waals surface area (Å²) in [6, 6.07) is 7.39. The van der Waals surface area contributed by atoms with Crippen molar-refractivity contribution in [3.05, 3.63) is 48.3 Å². The second-order valence-electron chi connectivity index (χ2n) is 6.95. The zero-order chi connectivity index (χ0) is 19.9. The van der Waals surface area contributed by atoms with E-state index in [0.29, 0.717) is 25.4 Å². The molecule has 3 rings (SSSR count). The van der Waals surface area contributed by atoms with E-state index >= 15 is 0 Å². The maximum atomic E-state index is 12.4. The predicted molar refractivity (Wildman–Crippen MR) is 123 cm³/mol. The van der Waals surface area contributed by atoms with Crippen LogP contribution in [-0.2, 0) is 0 Å². The number of nitrogens with one attached hydrogen (secondary N) is 1. The van der Waals surface area contributed by atoms with E-state index in [-0.39, 0.29) is 35.9 Å². The van der Waals surface area contributed by atoms with Crippen LogP contribution in [0.25, 0.3) is 0 Å². The van der Waals surface area contributed by atoms with Crippen molar-refractivity contribution in [2.24, 2.45) is 4.99 Å². The molecule has 29 heavy (non-hydrogen) atoms. The van der Waals surface area contributed by atoms with Crippen molar-refractivity contribution in [1.29, 1.82) is 0 Å². The first-order chi connectivity index (χ1) is 13.6. The van der Waals surface area contributed by atoms with Gasteiger partial charge in [-0.2, -0.15) is 0 Å². The van der Waals surface area contributed by atoms with E-state index in [1.807, 2.05) is 31.1 Å². The van der Waals surface area contributed by atoms with Crippen molar-refractivity contribution in [2.45, 2.75) is 13.0 Å². The number of aliphatic imine (C=N–C) groups is 1. The zero-order valence-electron chi connectivity index (χ0n) is 17.2. The summed E-state index contributed by atoms with van der Waals surface area (Å²) in [6.45, 7) is 6.17. The Morgan fingerprint density at radius 2 is 1.79 bits per heavy atom. The van der Waals surface area contributed by atoms with Gasteiger partial charge in [0.25, 0.3) is 5.91 Å². The van der Waals surface area contributed by atoms with Crippen LogP contribution in [0, 0.1) is 0 Å². The molecule has 0 radical (unpaired) electrons. The Morgan fingerprint density at radius 1 is 1.14 bits per heavy atom. The summed E-state index contributed by atoms with van der Waals surface area (Å²) in [5.41, 5.74) is 0. The highest BCUT2D eigenvalue weighted by Gasteiger charge is 2.25. The Bertz CT molecular complexity index is 753. The van der Waals surface area contributed by atoms with Crippen LogP contribution in [0.2, 0.25) is 0 Å². The van der Waals surface area contributed by atoms with Crippen molar-refractivity contribution in [3.8, 4) is 0 Å². The zero-order valence-corrected chi connectivity index (χ0v) is 19.5. The molecule has 2 aromatic heterocycles. The molecular formula is C20H30IN5O3. The number of likely N-dealkylation sites (N-methyl/N-ethyl adjacent to an activating group) is 1. The lowest BCUT2D eigenvalue weighted by Crippen LogP contribution is -2.53. The average molecular weight is 515 g/mol. The van der Waals surface area contributed by atoms with Gasteiger partial charge >= 0.3 is 0 Å². The van der Waals surface area contributed by atoms with Crippen LogP contribution in [-0.4, -0.2) is 79.9 Å². The van der Waals surface area contributed by atoms with Gasteiger partial charge in [-0.15, -0.1) is 24.0 Å². The first kappa shape index (κ1) is 23.3. The number of nitrogens with zero attached hydrogens (tertiary/aromatic N) is 4. The highest BCUT2D eigenvalue weighted by molar-refractivity contribution is 14.0. The molecule has 1 N–H and O–H groups in total. The minimum absolute atomic E-state index is 0. The Hall–Kier alpha value is -2.01. The van der Waals surface area contributed by atoms with Crippen molar-refractivity contribution in [1.82, 2.24) is 20.0 Å². The quantitative estimate of drug-likeness (QED) is 0.362. The molecule has 0 saturated carbocycles. The molecule has 0 bridgehead atoms. The molecule has 0 aliphatic carbocycles. The molecule has 8 nitrogen and oxygen atoms in total. The highest BCUT2D eigenvalue weighted by atomic mass is 127. The van der Waals surface area contributed by atoms with Crippen molar-refractivity contribution < 1.29 is 13.6 Å². The second kappa shape index (κ2) is 11.2. The van der Waals surface area contributed by atoms with Gasteiger partial charge in [-0.05, 0) is 45.3 Å². The molecule has 1 aliphatic rings. The SMILES string of the molecule is CCNC(=NCC(c1ccco1)N(C)C)N1CCN(C(=O)c2ccco2)CC1.I. The average Bonchev–Trinajstić information content (AvgIpc) is 3.41. The first-order valence-corrected chi connectivity index (χ1v) is 9.66. The Kier molecular flexibility index (Phi) is 9.02. The number of piperazine rings is 1. The number of hydrogen-bond donors (Lipinski definition) is 1. The van der Waals surface area contributed by atoms with E-state index in [1.54, 1.807) is 18.4 Å². The van der Waals surface area contributed by atoms with Gasteiger partial charge in [-0.3, -0.25) is 14.7 Å². The molecule has 9 heteroatoms. The van der Waals surface area contributed by atoms with Crippen molar-refractivity contribution in [2.75, 3.05) is 53.4 Å². The molecule has 1 atom stereocenters. The number of guanidine groups is 1. The van der Waals surface area contributed by atoms with Gasteiger partial charge in [0, 0.05) is 32.7 Å². The fourth-order valence-electron chi connectivity index (χ4n) is 3.26. The van der Waals surface area contributed by atoms with E-state index in [2.05, 4.69) is 22.0 Å². The molecule has 0 aromatic carbocycles. The summed E-state index contributed by atoms with van der Waals surface area (Å²) >= 11 is 0. The molecular weight excluding hydrogens is 485 g/mol. The third kappa shape index (κ3) is 5.99. The Balaban J connectivity index is 0.00000300. The lowest BCUT2D eigenvalue weighted by atomic mass is 10.2. The molecule has 160 valence electrons. The monoisotopic (exact) mass is 515 g/mol. The van der Waals surface area contributed by atoms with E-state index in [9.17, 15) is 4.79 Å². The maximum Gasteiger partial charge on any atom is 0.289 e. The molecule has 1 fully saturated rings. The first-order valence-electron chi connectivity index (χ1n) is 9.66. The van der Waals surface area contributed by atoms with Crippen LogP contribution >= 0.6 is 24.0 Å². The summed E-state index contributed by atoms with van der Waals surface area (Å²) in [4.78, 5) is 23.4. The number of rotatable bonds is 6. The summed E-state index contributed by atoms with van der Waals surface area (Å²) in [7, 11) is 4.04. The van der Waals surface area contributed by atoms with Gasteiger partial charge in [0.1, 0.15) is 5.76 Å². The van der Waals surface area contributed by atoms with Crippen LogP contribution < -0.4 is 5.32 Å². The van der Waals surface area contributed by atoms with Crippen molar-refractivity contribution in [3.63, 3.8) is 0 Å². The summed E-state index contributed by atoms with van der Waals surface area (Å²) in [5.74, 6) is 2.10. The number of carbonyl (C=O) groups is 1. The third-order valence-corrected chi connectivity index (χ3v) is 4.84. The number of amides is 1. The van der Waals surface area contributed by atoms with Gasteiger partial charge < -0.3 is 24.0 Å². The molecule has 2 aromatic rings. The summed E-state index contributed by atoms with van der Waals surface area (Å²) < 4.78 is 10.8. The van der Waals surface area contributed by atoms with Crippen LogP contribution in [0.4, 0.5) is 0 Å². The third-order valence-electron chi connectivity index (χ3n) is 4.84. The van der Waals surface area contributed by atoms with Crippen LogP contribution in [0.15, 0.2) is 50.6 Å². The van der Waals surface area contributed by atoms with Gasteiger partial charge in [0.2, 0.25) is 0 Å². The van der Waals surface area contributed by atoms with E-state index in [4.69, 9.17) is 13.8 Å². The van der Waals surface area contributed by atoms with Crippen LogP contribution in [0.1, 0.15) is 29.3 Å². The van der Waals surface area contributed by atoms with Gasteiger partial charge in [0.15, 0.2) is 11.7 Å².